The Balaban J connectivity index is 0. The number of aryl methyl sites for hydroxylation is 1. The largest absolute Gasteiger partial charge is 1.00 e. The van der Waals surface area contributed by atoms with Crippen molar-refractivity contribution in [3.63, 3.8) is 0 Å². The van der Waals surface area contributed by atoms with Gasteiger partial charge in [0.25, 0.3) is 0 Å². The summed E-state index contributed by atoms with van der Waals surface area (Å²) in [4.78, 5) is 9.82. The van der Waals surface area contributed by atoms with E-state index in [1.54, 1.807) is 6.92 Å². The van der Waals surface area contributed by atoms with Gasteiger partial charge >= 0.3 is 0 Å². The minimum atomic E-state index is -0.435. The number of primary amides is 1. The Kier molecular flexibility index (Phi) is 17.1. The van der Waals surface area contributed by atoms with Gasteiger partial charge in [0.2, 0.25) is 5.91 Å². The molecule has 0 radical (unpaired) electrons. The second kappa shape index (κ2) is 16.6. The summed E-state index contributed by atoms with van der Waals surface area (Å²) < 4.78 is 1.09. The third-order valence-corrected chi connectivity index (χ3v) is 4.70. The van der Waals surface area contributed by atoms with Gasteiger partial charge in [0.15, 0.2) is 0 Å². The Bertz CT molecular complexity index is 526. The summed E-state index contributed by atoms with van der Waals surface area (Å²) in [5.41, 5.74) is 8.08. The molecule has 28 heavy (non-hydrogen) atoms. The molecule has 2 N–H and O–H groups in total. The molecule has 0 atom stereocenters. The second-order valence-corrected chi connectivity index (χ2v) is 8.30. The molecule has 0 aromatic heterocycles. The molecule has 1 amide bonds. The molecule has 1 aromatic carbocycles. The highest BCUT2D eigenvalue weighted by molar-refractivity contribution is 5.90. The van der Waals surface area contributed by atoms with Gasteiger partial charge in [0, 0.05) is 11.1 Å². The van der Waals surface area contributed by atoms with Crippen LogP contribution in [0.3, 0.4) is 0 Å². The van der Waals surface area contributed by atoms with E-state index in [1.807, 2.05) is 0 Å². The third-order valence-electron chi connectivity index (χ3n) is 4.70. The normalized spacial score (nSPS) is 10.5. The molecular weight excluding hydrogens is 368 g/mol. The number of halogens is 1. The molecule has 4 heteroatoms. The number of unbranched alkanes of at least 4 members (excludes halogenated alkanes) is 5. The Hall–Kier alpha value is -1.32. The Morgan fingerprint density at radius 2 is 1.39 bits per heavy atom. The van der Waals surface area contributed by atoms with E-state index in [4.69, 9.17) is 5.73 Å². The lowest BCUT2D eigenvalue weighted by molar-refractivity contribution is -0.903. The number of rotatable bonds is 12. The van der Waals surface area contributed by atoms with Crippen LogP contribution in [0.1, 0.15) is 76.8 Å². The van der Waals surface area contributed by atoms with Gasteiger partial charge in [-0.15, -0.1) is 0 Å². The zero-order chi connectivity index (χ0) is 20.7. The molecular formula is C24H43ClN2O. The summed E-state index contributed by atoms with van der Waals surface area (Å²) >= 11 is 0. The zero-order valence-electron chi connectivity index (χ0n) is 18.9. The number of hydrogen-bond acceptors (Lipinski definition) is 1. The van der Waals surface area contributed by atoms with Crippen molar-refractivity contribution in [3.05, 3.63) is 47.5 Å². The van der Waals surface area contributed by atoms with Gasteiger partial charge in [-0.1, -0.05) is 76.8 Å². The minimum Gasteiger partial charge on any atom is -1.00 e. The van der Waals surface area contributed by atoms with Crippen molar-refractivity contribution in [1.82, 2.24) is 0 Å². The standard InChI is InChI=1S/C20H36N.C4H7NO.ClH/c1-5-7-8-9-10-11-12-19-13-15-20(16-14-19)18-21(3,4)17-6-2;1-3(2)4(5)6;/h13-16H,5-12,17-18H2,1-4H3;1H2,2H3,(H2,5,6);1H/q+1;;/p-1. The van der Waals surface area contributed by atoms with E-state index in [1.165, 1.54) is 69.0 Å². The summed E-state index contributed by atoms with van der Waals surface area (Å²) in [5.74, 6) is -0.435. The van der Waals surface area contributed by atoms with Crippen LogP contribution in [0.4, 0.5) is 0 Å². The lowest BCUT2D eigenvalue weighted by atomic mass is 10.0. The van der Waals surface area contributed by atoms with Crippen LogP contribution in [-0.2, 0) is 17.8 Å². The predicted octanol–water partition coefficient (Wildman–Crippen LogP) is 2.63. The minimum absolute atomic E-state index is 0. The highest BCUT2D eigenvalue weighted by atomic mass is 35.5. The first-order valence-electron chi connectivity index (χ1n) is 10.6. The van der Waals surface area contributed by atoms with Crippen LogP contribution >= 0.6 is 0 Å². The van der Waals surface area contributed by atoms with E-state index in [0.29, 0.717) is 5.57 Å². The number of nitrogens with two attached hydrogens (primary N) is 1. The number of quaternary nitrogens is 1. The van der Waals surface area contributed by atoms with Crippen molar-refractivity contribution in [2.24, 2.45) is 5.73 Å². The maximum atomic E-state index is 9.82. The highest BCUT2D eigenvalue weighted by Crippen LogP contribution is 2.14. The fraction of sp³-hybridized carbons (Fsp3) is 0.625. The molecule has 0 fully saturated rings. The highest BCUT2D eigenvalue weighted by Gasteiger charge is 2.13. The molecule has 0 aliphatic heterocycles. The van der Waals surface area contributed by atoms with Crippen LogP contribution in [0.25, 0.3) is 0 Å². The van der Waals surface area contributed by atoms with Crippen LogP contribution in [0.15, 0.2) is 36.4 Å². The molecule has 0 spiro atoms. The van der Waals surface area contributed by atoms with Crippen LogP contribution in [0.5, 0.6) is 0 Å². The van der Waals surface area contributed by atoms with E-state index < -0.39 is 5.91 Å². The molecule has 0 heterocycles. The summed E-state index contributed by atoms with van der Waals surface area (Å²) in [5, 5.41) is 0. The predicted molar refractivity (Wildman–Crippen MR) is 119 cm³/mol. The summed E-state index contributed by atoms with van der Waals surface area (Å²) in [6.07, 6.45) is 10.8. The fourth-order valence-electron chi connectivity index (χ4n) is 3.10. The van der Waals surface area contributed by atoms with Crippen LogP contribution < -0.4 is 18.1 Å². The quantitative estimate of drug-likeness (QED) is 0.321. The molecule has 162 valence electrons. The van der Waals surface area contributed by atoms with E-state index in [2.05, 4.69) is 58.8 Å². The van der Waals surface area contributed by atoms with Crippen molar-refractivity contribution in [2.75, 3.05) is 20.6 Å². The maximum Gasteiger partial charge on any atom is 0.243 e. The first-order chi connectivity index (χ1) is 12.7. The number of nitrogens with zero attached hydrogens (tertiary/aromatic N) is 1. The average Bonchev–Trinajstić information content (AvgIpc) is 2.59. The Morgan fingerprint density at radius 3 is 1.86 bits per heavy atom. The molecule has 0 unspecified atom stereocenters. The lowest BCUT2D eigenvalue weighted by Gasteiger charge is -2.29. The zero-order valence-corrected chi connectivity index (χ0v) is 19.7. The number of amides is 1. The van der Waals surface area contributed by atoms with Crippen LogP contribution in [-0.4, -0.2) is 31.0 Å². The monoisotopic (exact) mass is 410 g/mol. The Labute approximate surface area is 180 Å². The van der Waals surface area contributed by atoms with Crippen molar-refractivity contribution < 1.29 is 21.7 Å². The Morgan fingerprint density at radius 1 is 0.929 bits per heavy atom. The molecule has 3 nitrogen and oxygen atoms in total. The van der Waals surface area contributed by atoms with E-state index >= 15 is 0 Å². The van der Waals surface area contributed by atoms with Gasteiger partial charge in [-0.2, -0.15) is 0 Å². The second-order valence-electron chi connectivity index (χ2n) is 8.30. The smallest absolute Gasteiger partial charge is 0.243 e. The number of benzene rings is 1. The SMILES string of the molecule is C=C(C)C(N)=O.CCCCCCCCc1ccc(C[N+](C)(C)CCC)cc1.[Cl-]. The van der Waals surface area contributed by atoms with Crippen molar-refractivity contribution in [3.8, 4) is 0 Å². The van der Waals surface area contributed by atoms with Crippen molar-refractivity contribution in [2.45, 2.75) is 78.7 Å². The summed E-state index contributed by atoms with van der Waals surface area (Å²) in [7, 11) is 4.65. The first-order valence-corrected chi connectivity index (χ1v) is 10.6. The van der Waals surface area contributed by atoms with Gasteiger partial charge in [0.05, 0.1) is 20.6 Å². The van der Waals surface area contributed by atoms with Gasteiger partial charge < -0.3 is 22.6 Å². The molecule has 0 aliphatic carbocycles. The van der Waals surface area contributed by atoms with Crippen LogP contribution in [0.2, 0.25) is 0 Å². The maximum absolute atomic E-state index is 9.82. The molecule has 1 aromatic rings. The summed E-state index contributed by atoms with van der Waals surface area (Å²) in [6, 6.07) is 9.35. The number of carbonyl (C=O) groups excluding carboxylic acids is 1. The molecule has 1 rings (SSSR count). The lowest BCUT2D eigenvalue weighted by Crippen LogP contribution is -3.00. The number of hydrogen-bond donors (Lipinski definition) is 1. The topological polar surface area (TPSA) is 43.1 Å². The average molecular weight is 411 g/mol. The van der Waals surface area contributed by atoms with E-state index in [9.17, 15) is 4.79 Å². The molecule has 0 saturated carbocycles. The van der Waals surface area contributed by atoms with Gasteiger partial charge in [0.1, 0.15) is 6.54 Å². The van der Waals surface area contributed by atoms with Crippen LogP contribution in [0, 0.1) is 0 Å². The summed E-state index contributed by atoms with van der Waals surface area (Å²) in [6.45, 7) is 11.8. The third kappa shape index (κ3) is 15.7. The van der Waals surface area contributed by atoms with E-state index in [0.717, 1.165) is 11.0 Å². The van der Waals surface area contributed by atoms with E-state index in [-0.39, 0.29) is 12.4 Å². The van der Waals surface area contributed by atoms with Gasteiger partial charge in [-0.05, 0) is 31.7 Å². The van der Waals surface area contributed by atoms with Crippen molar-refractivity contribution in [1.29, 1.82) is 0 Å². The van der Waals surface area contributed by atoms with Gasteiger partial charge in [-0.25, -0.2) is 0 Å². The molecule has 0 bridgehead atoms. The van der Waals surface area contributed by atoms with Gasteiger partial charge in [-0.3, -0.25) is 4.79 Å². The molecule has 0 aliphatic rings. The first kappa shape index (κ1) is 28.9. The number of carbonyl (C=O) groups is 1. The molecule has 0 saturated heterocycles. The fourth-order valence-corrected chi connectivity index (χ4v) is 3.10. The van der Waals surface area contributed by atoms with Crippen molar-refractivity contribution >= 4 is 5.91 Å².